The molecule has 134 valence electrons. The predicted molar refractivity (Wildman–Crippen MR) is 122 cm³/mol. The molecule has 0 aliphatic rings. The highest BCUT2D eigenvalue weighted by molar-refractivity contribution is 7.79. The molecule has 0 saturated heterocycles. The molecule has 0 aliphatic heterocycles. The highest BCUT2D eigenvalue weighted by Crippen LogP contribution is 2.32. The first-order valence-corrected chi connectivity index (χ1v) is 11.1. The van der Waals surface area contributed by atoms with E-state index in [2.05, 4.69) is 112 Å². The van der Waals surface area contributed by atoms with Gasteiger partial charge in [-0.15, -0.1) is 0 Å². The summed E-state index contributed by atoms with van der Waals surface area (Å²) >= 11 is 0. The van der Waals surface area contributed by atoms with Crippen molar-refractivity contribution >= 4 is 30.5 Å². The fourth-order valence-corrected chi connectivity index (χ4v) is 5.35. The molecule has 3 aromatic rings. The Hall–Kier alpha value is -1.85. The minimum absolute atomic E-state index is 0.446. The zero-order chi connectivity index (χ0) is 18.6. The van der Waals surface area contributed by atoms with E-state index in [9.17, 15) is 0 Å². The van der Waals surface area contributed by atoms with Crippen molar-refractivity contribution in [1.82, 2.24) is 0 Å². The maximum Gasteiger partial charge on any atom is 0.139 e. The van der Waals surface area contributed by atoms with Gasteiger partial charge >= 0.3 is 0 Å². The average molecular weight is 360 g/mol. The van der Waals surface area contributed by atoms with Gasteiger partial charge in [-0.3, -0.25) is 0 Å². The van der Waals surface area contributed by atoms with Crippen molar-refractivity contribution in [3.63, 3.8) is 0 Å². The molecular weight excluding hydrogens is 330 g/mol. The first-order valence-electron chi connectivity index (χ1n) is 9.75. The second-order valence-corrected chi connectivity index (χ2v) is 8.65. The SMILES string of the molecule is CCB(CC)CC.c1ccc(P(c2ccccc2)c2ccccc2)cc1. The Bertz CT molecular complexity index is 610. The highest BCUT2D eigenvalue weighted by atomic mass is 31.1. The van der Waals surface area contributed by atoms with Crippen LogP contribution in [0, 0.1) is 0 Å². The summed E-state index contributed by atoms with van der Waals surface area (Å²) in [4.78, 5) is 0. The van der Waals surface area contributed by atoms with Gasteiger partial charge in [0.1, 0.15) is 6.71 Å². The molecule has 0 heterocycles. The van der Waals surface area contributed by atoms with Crippen LogP contribution in [0.1, 0.15) is 20.8 Å². The van der Waals surface area contributed by atoms with E-state index in [1.165, 1.54) is 34.9 Å². The van der Waals surface area contributed by atoms with E-state index in [0.717, 1.165) is 6.71 Å². The van der Waals surface area contributed by atoms with Crippen LogP contribution in [-0.4, -0.2) is 6.71 Å². The third-order valence-corrected chi connectivity index (χ3v) is 7.22. The Labute approximate surface area is 161 Å². The van der Waals surface area contributed by atoms with E-state index in [0.29, 0.717) is 0 Å². The molecule has 0 aromatic heterocycles. The van der Waals surface area contributed by atoms with Crippen LogP contribution in [0.25, 0.3) is 0 Å². The molecule has 0 amide bonds. The molecule has 0 aliphatic carbocycles. The van der Waals surface area contributed by atoms with Crippen molar-refractivity contribution in [2.45, 2.75) is 39.7 Å². The van der Waals surface area contributed by atoms with E-state index in [4.69, 9.17) is 0 Å². The molecule has 0 N–H and O–H groups in total. The molecule has 0 bridgehead atoms. The highest BCUT2D eigenvalue weighted by Gasteiger charge is 2.14. The van der Waals surface area contributed by atoms with Crippen LogP contribution in [0.2, 0.25) is 19.0 Å². The summed E-state index contributed by atoms with van der Waals surface area (Å²) in [6.07, 6.45) is 4.06. The Morgan fingerprint density at radius 1 is 0.500 bits per heavy atom. The summed E-state index contributed by atoms with van der Waals surface area (Å²) in [6, 6.07) is 32.3. The lowest BCUT2D eigenvalue weighted by molar-refractivity contribution is 1.24. The van der Waals surface area contributed by atoms with Gasteiger partial charge in [-0.25, -0.2) is 0 Å². The van der Waals surface area contributed by atoms with Crippen molar-refractivity contribution in [1.29, 1.82) is 0 Å². The van der Waals surface area contributed by atoms with E-state index in [1.54, 1.807) is 0 Å². The van der Waals surface area contributed by atoms with Crippen molar-refractivity contribution < 1.29 is 0 Å². The lowest BCUT2D eigenvalue weighted by Gasteiger charge is -2.18. The molecule has 3 rings (SSSR count). The zero-order valence-corrected chi connectivity index (χ0v) is 17.2. The second-order valence-electron chi connectivity index (χ2n) is 6.43. The van der Waals surface area contributed by atoms with Gasteiger partial charge < -0.3 is 0 Å². The van der Waals surface area contributed by atoms with Crippen LogP contribution in [0.5, 0.6) is 0 Å². The minimum Gasteiger partial charge on any atom is -0.0770 e. The van der Waals surface area contributed by atoms with Crippen LogP contribution >= 0.6 is 7.92 Å². The first-order chi connectivity index (χ1) is 12.8. The van der Waals surface area contributed by atoms with Crippen molar-refractivity contribution in [2.75, 3.05) is 0 Å². The van der Waals surface area contributed by atoms with Gasteiger partial charge in [-0.1, -0.05) is 131 Å². The van der Waals surface area contributed by atoms with Gasteiger partial charge in [-0.2, -0.15) is 0 Å². The summed E-state index contributed by atoms with van der Waals surface area (Å²) in [5.74, 6) is 0. The van der Waals surface area contributed by atoms with E-state index in [1.807, 2.05) is 0 Å². The molecule has 26 heavy (non-hydrogen) atoms. The molecule has 0 saturated carbocycles. The number of hydrogen-bond donors (Lipinski definition) is 0. The van der Waals surface area contributed by atoms with Crippen molar-refractivity contribution in [2.24, 2.45) is 0 Å². The summed E-state index contributed by atoms with van der Waals surface area (Å²) in [6.45, 7) is 7.77. The zero-order valence-electron chi connectivity index (χ0n) is 16.3. The Kier molecular flexibility index (Phi) is 9.22. The van der Waals surface area contributed by atoms with Crippen LogP contribution < -0.4 is 15.9 Å². The molecule has 0 radical (unpaired) electrons. The third-order valence-electron chi connectivity index (χ3n) is 4.78. The molecule has 0 fully saturated rings. The van der Waals surface area contributed by atoms with E-state index >= 15 is 0 Å². The maximum absolute atomic E-state index is 2.26. The Morgan fingerprint density at radius 2 is 0.769 bits per heavy atom. The van der Waals surface area contributed by atoms with Gasteiger partial charge in [0.25, 0.3) is 0 Å². The van der Waals surface area contributed by atoms with Gasteiger partial charge in [0.15, 0.2) is 0 Å². The van der Waals surface area contributed by atoms with Crippen LogP contribution in [-0.2, 0) is 0 Å². The standard InChI is InChI=1S/C18H15P.C6H15B/c1-4-10-16(11-5-1)19(17-12-6-2-7-13-17)18-14-8-3-9-15-18;1-4-7(5-2)6-3/h1-15H;4-6H2,1-3H3. The average Bonchev–Trinajstić information content (AvgIpc) is 2.72. The number of rotatable bonds is 6. The summed E-state index contributed by atoms with van der Waals surface area (Å²) in [5, 5.41) is 4.19. The lowest BCUT2D eigenvalue weighted by atomic mass is 9.44. The smallest absolute Gasteiger partial charge is 0.0770 e. The van der Waals surface area contributed by atoms with Crippen LogP contribution in [0.15, 0.2) is 91.0 Å². The monoisotopic (exact) mass is 360 g/mol. The number of benzene rings is 3. The van der Waals surface area contributed by atoms with Gasteiger partial charge in [-0.05, 0) is 23.8 Å². The third kappa shape index (κ3) is 6.15. The van der Waals surface area contributed by atoms with Crippen LogP contribution in [0.3, 0.4) is 0 Å². The normalized spacial score (nSPS) is 10.2. The topological polar surface area (TPSA) is 0 Å². The Balaban J connectivity index is 0.000000298. The minimum atomic E-state index is -0.446. The van der Waals surface area contributed by atoms with Gasteiger partial charge in [0.2, 0.25) is 0 Å². The van der Waals surface area contributed by atoms with Gasteiger partial charge in [0, 0.05) is 0 Å². The van der Waals surface area contributed by atoms with Crippen molar-refractivity contribution in [3.8, 4) is 0 Å². The predicted octanol–water partition coefficient (Wildman–Crippen LogP) is 5.99. The summed E-state index contributed by atoms with van der Waals surface area (Å²) in [7, 11) is -0.446. The summed E-state index contributed by atoms with van der Waals surface area (Å²) < 4.78 is 0. The Morgan fingerprint density at radius 3 is 0.962 bits per heavy atom. The molecule has 0 spiro atoms. The van der Waals surface area contributed by atoms with Gasteiger partial charge in [0.05, 0.1) is 0 Å². The second kappa shape index (κ2) is 11.7. The quantitative estimate of drug-likeness (QED) is 0.374. The van der Waals surface area contributed by atoms with E-state index < -0.39 is 7.92 Å². The lowest BCUT2D eigenvalue weighted by Crippen LogP contribution is -2.20. The molecule has 0 nitrogen and oxygen atoms in total. The number of hydrogen-bond acceptors (Lipinski definition) is 0. The van der Waals surface area contributed by atoms with Crippen LogP contribution in [0.4, 0.5) is 0 Å². The molecule has 3 aromatic carbocycles. The fraction of sp³-hybridized carbons (Fsp3) is 0.250. The molecule has 0 atom stereocenters. The fourth-order valence-electron chi connectivity index (χ4n) is 3.04. The van der Waals surface area contributed by atoms with Crippen molar-refractivity contribution in [3.05, 3.63) is 91.0 Å². The molecule has 2 heteroatoms. The van der Waals surface area contributed by atoms with E-state index in [-0.39, 0.29) is 0 Å². The maximum atomic E-state index is 2.26. The molecule has 0 unspecified atom stereocenters. The first kappa shape index (κ1) is 20.5. The molecular formula is C24H30BP. The summed E-state index contributed by atoms with van der Waals surface area (Å²) in [5.41, 5.74) is 0. The largest absolute Gasteiger partial charge is 0.139 e.